The van der Waals surface area contributed by atoms with Crippen LogP contribution in [0.15, 0.2) is 0 Å². The van der Waals surface area contributed by atoms with E-state index in [-0.39, 0.29) is 17.1 Å². The first-order chi connectivity index (χ1) is 8.60. The molecule has 1 saturated heterocycles. The number of carbonyl (C=O) groups is 2. The van der Waals surface area contributed by atoms with Gasteiger partial charge in [-0.25, -0.2) is 0 Å². The molecule has 0 bridgehead atoms. The van der Waals surface area contributed by atoms with E-state index in [1.807, 2.05) is 6.92 Å². The highest BCUT2D eigenvalue weighted by Crippen LogP contribution is 2.29. The molecule has 1 aliphatic heterocycles. The summed E-state index contributed by atoms with van der Waals surface area (Å²) >= 11 is 6.59. The fourth-order valence-electron chi connectivity index (χ4n) is 1.67. The van der Waals surface area contributed by atoms with Gasteiger partial charge in [0.1, 0.15) is 4.32 Å². The number of hydrogen-bond donors (Lipinski definition) is 1. The maximum atomic E-state index is 11.9. The fourth-order valence-corrected chi connectivity index (χ4v) is 3.14. The summed E-state index contributed by atoms with van der Waals surface area (Å²) in [5.41, 5.74) is 0. The van der Waals surface area contributed by atoms with Crippen LogP contribution in [-0.2, 0) is 9.59 Å². The third-order valence-electron chi connectivity index (χ3n) is 2.79. The Morgan fingerprint density at radius 3 is 2.78 bits per heavy atom. The van der Waals surface area contributed by atoms with E-state index in [4.69, 9.17) is 12.2 Å². The normalized spacial score (nSPS) is 19.4. The van der Waals surface area contributed by atoms with Crippen LogP contribution in [0.3, 0.4) is 0 Å². The fraction of sp³-hybridized carbons (Fsp3) is 0.750. The van der Waals surface area contributed by atoms with Gasteiger partial charge in [0.25, 0.3) is 0 Å². The van der Waals surface area contributed by atoms with Gasteiger partial charge in [0.05, 0.1) is 5.25 Å². The third kappa shape index (κ3) is 4.24. The zero-order valence-electron chi connectivity index (χ0n) is 10.9. The molecule has 0 aliphatic carbocycles. The summed E-state index contributed by atoms with van der Waals surface area (Å²) < 4.78 is 0.605. The molecule has 1 N–H and O–H groups in total. The number of unbranched alkanes of at least 4 members (excludes halogenated alkanes) is 1. The Kier molecular flexibility index (Phi) is 6.63. The van der Waals surface area contributed by atoms with Gasteiger partial charge in [-0.1, -0.05) is 44.2 Å². The molecule has 2 amide bonds. The van der Waals surface area contributed by atoms with Crippen LogP contribution in [0, 0.1) is 0 Å². The smallest absolute Gasteiger partial charge is 0.241 e. The quantitative estimate of drug-likeness (QED) is 0.574. The van der Waals surface area contributed by atoms with Crippen molar-refractivity contribution in [2.75, 3.05) is 13.1 Å². The van der Waals surface area contributed by atoms with Gasteiger partial charge in [0.2, 0.25) is 11.8 Å². The predicted octanol–water partition coefficient (Wildman–Crippen LogP) is 1.93. The Hall–Kier alpha value is -0.620. The summed E-state index contributed by atoms with van der Waals surface area (Å²) in [5.74, 6) is 0.0397. The SMILES string of the molecule is CCCCNC(=O)CCN1C(=O)C(CC)SC1=S. The van der Waals surface area contributed by atoms with Gasteiger partial charge in [-0.3, -0.25) is 14.5 Å². The number of hydrogen-bond acceptors (Lipinski definition) is 4. The molecule has 4 nitrogen and oxygen atoms in total. The van der Waals surface area contributed by atoms with Crippen molar-refractivity contribution >= 4 is 40.1 Å². The molecule has 1 heterocycles. The monoisotopic (exact) mass is 288 g/mol. The van der Waals surface area contributed by atoms with Crippen molar-refractivity contribution in [2.24, 2.45) is 0 Å². The number of nitrogens with zero attached hydrogens (tertiary/aromatic N) is 1. The molecular weight excluding hydrogens is 268 g/mol. The molecule has 0 spiro atoms. The van der Waals surface area contributed by atoms with Gasteiger partial charge in [0, 0.05) is 19.5 Å². The van der Waals surface area contributed by atoms with Crippen LogP contribution in [0.4, 0.5) is 0 Å². The van der Waals surface area contributed by atoms with Gasteiger partial charge in [-0.15, -0.1) is 0 Å². The second kappa shape index (κ2) is 7.74. The van der Waals surface area contributed by atoms with E-state index in [0.717, 1.165) is 19.3 Å². The van der Waals surface area contributed by atoms with Crippen molar-refractivity contribution in [3.05, 3.63) is 0 Å². The van der Waals surface area contributed by atoms with E-state index < -0.39 is 0 Å². The van der Waals surface area contributed by atoms with Crippen molar-refractivity contribution < 1.29 is 9.59 Å². The van der Waals surface area contributed by atoms with Crippen LogP contribution >= 0.6 is 24.0 Å². The lowest BCUT2D eigenvalue weighted by Gasteiger charge is -2.15. The molecular formula is C12H20N2O2S2. The molecule has 18 heavy (non-hydrogen) atoms. The second-order valence-corrected chi connectivity index (χ2v) is 6.06. The number of rotatable bonds is 7. The number of thiocarbonyl (C=S) groups is 1. The minimum Gasteiger partial charge on any atom is -0.356 e. The third-order valence-corrected chi connectivity index (χ3v) is 4.54. The largest absolute Gasteiger partial charge is 0.356 e. The highest BCUT2D eigenvalue weighted by molar-refractivity contribution is 8.24. The van der Waals surface area contributed by atoms with Crippen LogP contribution in [0.5, 0.6) is 0 Å². The van der Waals surface area contributed by atoms with Gasteiger partial charge in [-0.05, 0) is 12.8 Å². The van der Waals surface area contributed by atoms with Crippen LogP contribution in [0.1, 0.15) is 39.5 Å². The highest BCUT2D eigenvalue weighted by atomic mass is 32.2. The van der Waals surface area contributed by atoms with E-state index in [9.17, 15) is 9.59 Å². The minimum atomic E-state index is -0.0550. The van der Waals surface area contributed by atoms with E-state index in [0.29, 0.717) is 23.8 Å². The maximum absolute atomic E-state index is 11.9. The molecule has 102 valence electrons. The first kappa shape index (κ1) is 15.4. The molecule has 0 aromatic rings. The molecule has 1 atom stereocenters. The summed E-state index contributed by atoms with van der Waals surface area (Å²) in [5, 5.41) is 2.78. The Morgan fingerprint density at radius 2 is 2.22 bits per heavy atom. The van der Waals surface area contributed by atoms with Gasteiger partial charge >= 0.3 is 0 Å². The molecule has 1 aliphatic rings. The molecule has 1 unspecified atom stereocenters. The van der Waals surface area contributed by atoms with Crippen molar-refractivity contribution in [1.82, 2.24) is 10.2 Å². The second-order valence-electron chi connectivity index (χ2n) is 4.22. The molecule has 1 fully saturated rings. The Bertz CT molecular complexity index is 334. The molecule has 0 radical (unpaired) electrons. The van der Waals surface area contributed by atoms with Crippen molar-refractivity contribution in [2.45, 2.75) is 44.8 Å². The summed E-state index contributed by atoms with van der Waals surface area (Å²) in [7, 11) is 0. The summed E-state index contributed by atoms with van der Waals surface area (Å²) in [6.45, 7) is 5.16. The summed E-state index contributed by atoms with van der Waals surface area (Å²) in [6.07, 6.45) is 3.15. The molecule has 0 saturated carbocycles. The van der Waals surface area contributed by atoms with Gasteiger partial charge in [-0.2, -0.15) is 0 Å². The molecule has 1 rings (SSSR count). The Morgan fingerprint density at radius 1 is 1.50 bits per heavy atom. The van der Waals surface area contributed by atoms with Crippen LogP contribution in [-0.4, -0.2) is 39.4 Å². The molecule has 0 aromatic heterocycles. The maximum Gasteiger partial charge on any atom is 0.241 e. The van der Waals surface area contributed by atoms with Gasteiger partial charge < -0.3 is 5.32 Å². The van der Waals surface area contributed by atoms with Crippen molar-refractivity contribution in [3.63, 3.8) is 0 Å². The van der Waals surface area contributed by atoms with Gasteiger partial charge in [0.15, 0.2) is 0 Å². The molecule has 0 aromatic carbocycles. The van der Waals surface area contributed by atoms with Crippen molar-refractivity contribution in [3.8, 4) is 0 Å². The highest BCUT2D eigenvalue weighted by Gasteiger charge is 2.35. The summed E-state index contributed by atoms with van der Waals surface area (Å²) in [4.78, 5) is 25.0. The number of thioether (sulfide) groups is 1. The standard InChI is InChI=1S/C12H20N2O2S2/c1-3-5-7-13-10(15)6-8-14-11(16)9(4-2)18-12(14)17/h9H,3-8H2,1-2H3,(H,13,15). The van der Waals surface area contributed by atoms with E-state index in [1.54, 1.807) is 4.90 Å². The zero-order chi connectivity index (χ0) is 13.5. The van der Waals surface area contributed by atoms with E-state index >= 15 is 0 Å². The predicted molar refractivity (Wildman–Crippen MR) is 78.5 cm³/mol. The lowest BCUT2D eigenvalue weighted by atomic mass is 10.3. The lowest BCUT2D eigenvalue weighted by Crippen LogP contribution is -2.35. The first-order valence-corrected chi connectivity index (χ1v) is 7.67. The average molecular weight is 288 g/mol. The average Bonchev–Trinajstić information content (AvgIpc) is 2.62. The van der Waals surface area contributed by atoms with E-state index in [2.05, 4.69) is 12.2 Å². The number of carbonyl (C=O) groups excluding carboxylic acids is 2. The zero-order valence-corrected chi connectivity index (χ0v) is 12.5. The number of nitrogens with one attached hydrogen (secondary N) is 1. The Labute approximate surface area is 118 Å². The van der Waals surface area contributed by atoms with E-state index in [1.165, 1.54) is 11.8 Å². The first-order valence-electron chi connectivity index (χ1n) is 6.38. The number of amides is 2. The molecule has 6 heteroatoms. The van der Waals surface area contributed by atoms with Crippen LogP contribution in [0.25, 0.3) is 0 Å². The van der Waals surface area contributed by atoms with Crippen LogP contribution in [0.2, 0.25) is 0 Å². The van der Waals surface area contributed by atoms with Crippen LogP contribution < -0.4 is 5.32 Å². The summed E-state index contributed by atoms with van der Waals surface area (Å²) in [6, 6.07) is 0. The topological polar surface area (TPSA) is 49.4 Å². The van der Waals surface area contributed by atoms with Crippen molar-refractivity contribution in [1.29, 1.82) is 0 Å². The lowest BCUT2D eigenvalue weighted by molar-refractivity contribution is -0.126. The Balaban J connectivity index is 2.32. The minimum absolute atomic E-state index is 0.0102.